The van der Waals surface area contributed by atoms with E-state index >= 15 is 0 Å². The second kappa shape index (κ2) is 5.30. The number of nitrogens with two attached hydrogens (primary N) is 1. The summed E-state index contributed by atoms with van der Waals surface area (Å²) < 4.78 is 0. The van der Waals surface area contributed by atoms with Gasteiger partial charge in [-0.3, -0.25) is 4.98 Å². The molecule has 2 heterocycles. The molecule has 1 atom stereocenters. The van der Waals surface area contributed by atoms with Crippen LogP contribution in [0.25, 0.3) is 0 Å². The molecule has 0 spiro atoms. The van der Waals surface area contributed by atoms with Crippen molar-refractivity contribution in [3.05, 3.63) is 24.0 Å². The lowest BCUT2D eigenvalue weighted by Gasteiger charge is -2.18. The Hall–Kier alpha value is -1.09. The third-order valence-corrected chi connectivity index (χ3v) is 3.37. The lowest BCUT2D eigenvalue weighted by atomic mass is 10.0. The highest BCUT2D eigenvalue weighted by atomic mass is 15.2. The zero-order chi connectivity index (χ0) is 11.4. The van der Waals surface area contributed by atoms with Crippen LogP contribution in [0.4, 0.5) is 5.69 Å². The van der Waals surface area contributed by atoms with Crippen molar-refractivity contribution in [2.75, 3.05) is 18.0 Å². The van der Waals surface area contributed by atoms with Crippen LogP contribution in [0.15, 0.2) is 18.3 Å². The van der Waals surface area contributed by atoms with Gasteiger partial charge in [0.25, 0.3) is 0 Å². The molecule has 16 heavy (non-hydrogen) atoms. The minimum atomic E-state index is 0.527. The number of rotatable bonds is 4. The van der Waals surface area contributed by atoms with Crippen molar-refractivity contribution >= 4 is 5.69 Å². The van der Waals surface area contributed by atoms with Crippen molar-refractivity contribution in [1.82, 2.24) is 4.98 Å². The topological polar surface area (TPSA) is 42.1 Å². The van der Waals surface area contributed by atoms with Crippen molar-refractivity contribution in [1.29, 1.82) is 0 Å². The summed E-state index contributed by atoms with van der Waals surface area (Å²) in [6.07, 6.45) is 5.93. The fourth-order valence-electron chi connectivity index (χ4n) is 2.44. The van der Waals surface area contributed by atoms with E-state index in [0.29, 0.717) is 6.54 Å². The van der Waals surface area contributed by atoms with Crippen molar-refractivity contribution in [3.8, 4) is 0 Å². The molecule has 2 rings (SSSR count). The second-order valence-corrected chi connectivity index (χ2v) is 4.60. The van der Waals surface area contributed by atoms with Crippen molar-refractivity contribution < 1.29 is 0 Å². The number of anilines is 1. The quantitative estimate of drug-likeness (QED) is 0.844. The fraction of sp³-hybridized carbons (Fsp3) is 0.615. The van der Waals surface area contributed by atoms with E-state index in [9.17, 15) is 0 Å². The summed E-state index contributed by atoms with van der Waals surface area (Å²) >= 11 is 0. The van der Waals surface area contributed by atoms with Gasteiger partial charge < -0.3 is 10.6 Å². The van der Waals surface area contributed by atoms with E-state index < -0.39 is 0 Å². The van der Waals surface area contributed by atoms with Gasteiger partial charge in [-0.05, 0) is 30.9 Å². The molecule has 3 nitrogen and oxygen atoms in total. The maximum absolute atomic E-state index is 5.54. The lowest BCUT2D eigenvalue weighted by molar-refractivity contribution is 0.530. The third-order valence-electron chi connectivity index (χ3n) is 3.37. The average molecular weight is 219 g/mol. The monoisotopic (exact) mass is 219 g/mol. The van der Waals surface area contributed by atoms with Crippen LogP contribution in [0.2, 0.25) is 0 Å². The van der Waals surface area contributed by atoms with Crippen LogP contribution in [0.3, 0.4) is 0 Å². The van der Waals surface area contributed by atoms with E-state index in [0.717, 1.165) is 11.6 Å². The first kappa shape index (κ1) is 11.4. The van der Waals surface area contributed by atoms with E-state index in [1.165, 1.54) is 38.0 Å². The molecule has 88 valence electrons. The van der Waals surface area contributed by atoms with Crippen LogP contribution in [-0.4, -0.2) is 18.1 Å². The van der Waals surface area contributed by atoms with Crippen molar-refractivity contribution in [2.45, 2.75) is 32.7 Å². The molecule has 3 heteroatoms. The van der Waals surface area contributed by atoms with Crippen LogP contribution in [0.1, 0.15) is 31.9 Å². The molecule has 1 fully saturated rings. The van der Waals surface area contributed by atoms with Crippen LogP contribution in [-0.2, 0) is 6.54 Å². The smallest absolute Gasteiger partial charge is 0.0553 e. The van der Waals surface area contributed by atoms with Crippen LogP contribution in [0, 0.1) is 5.92 Å². The molecular formula is C13H21N3. The molecule has 0 bridgehead atoms. The molecule has 1 aromatic rings. The number of nitrogens with zero attached hydrogens (tertiary/aromatic N) is 2. The summed E-state index contributed by atoms with van der Waals surface area (Å²) in [4.78, 5) is 6.78. The Morgan fingerprint density at radius 2 is 2.38 bits per heavy atom. The van der Waals surface area contributed by atoms with Crippen LogP contribution in [0.5, 0.6) is 0 Å². The molecule has 0 radical (unpaired) electrons. The van der Waals surface area contributed by atoms with Gasteiger partial charge >= 0.3 is 0 Å². The molecule has 2 N–H and O–H groups in total. The summed E-state index contributed by atoms with van der Waals surface area (Å²) in [6.45, 7) is 5.16. The van der Waals surface area contributed by atoms with E-state index in [4.69, 9.17) is 5.73 Å². The van der Waals surface area contributed by atoms with Crippen LogP contribution >= 0.6 is 0 Å². The summed E-state index contributed by atoms with van der Waals surface area (Å²) in [5, 5.41) is 0. The van der Waals surface area contributed by atoms with Gasteiger partial charge in [-0.2, -0.15) is 0 Å². The van der Waals surface area contributed by atoms with Gasteiger partial charge in [0.1, 0.15) is 0 Å². The summed E-state index contributed by atoms with van der Waals surface area (Å²) in [5.41, 5.74) is 7.75. The summed E-state index contributed by atoms with van der Waals surface area (Å²) in [5.74, 6) is 0.874. The SMILES string of the molecule is CCCC1CCN(c2ccc(CN)nc2)C1. The predicted octanol–water partition coefficient (Wildman–Crippen LogP) is 2.17. The largest absolute Gasteiger partial charge is 0.370 e. The maximum atomic E-state index is 5.54. The van der Waals surface area contributed by atoms with Crippen molar-refractivity contribution in [3.63, 3.8) is 0 Å². The Morgan fingerprint density at radius 1 is 1.50 bits per heavy atom. The van der Waals surface area contributed by atoms with Gasteiger partial charge in [-0.1, -0.05) is 13.3 Å². The molecular weight excluding hydrogens is 198 g/mol. The van der Waals surface area contributed by atoms with E-state index in [1.807, 2.05) is 12.3 Å². The minimum Gasteiger partial charge on any atom is -0.370 e. The molecule has 1 unspecified atom stereocenters. The second-order valence-electron chi connectivity index (χ2n) is 4.60. The van der Waals surface area contributed by atoms with E-state index in [-0.39, 0.29) is 0 Å². The Balaban J connectivity index is 1.97. The van der Waals surface area contributed by atoms with Gasteiger partial charge in [0.2, 0.25) is 0 Å². The minimum absolute atomic E-state index is 0.527. The zero-order valence-corrected chi connectivity index (χ0v) is 10.0. The van der Waals surface area contributed by atoms with Gasteiger partial charge in [0.05, 0.1) is 17.6 Å². The lowest BCUT2D eigenvalue weighted by Crippen LogP contribution is -2.19. The highest BCUT2D eigenvalue weighted by Gasteiger charge is 2.21. The highest BCUT2D eigenvalue weighted by molar-refractivity contribution is 5.45. The van der Waals surface area contributed by atoms with Crippen LogP contribution < -0.4 is 10.6 Å². The summed E-state index contributed by atoms with van der Waals surface area (Å²) in [6, 6.07) is 4.17. The maximum Gasteiger partial charge on any atom is 0.0553 e. The number of aromatic nitrogens is 1. The first-order chi connectivity index (χ1) is 7.83. The number of hydrogen-bond donors (Lipinski definition) is 1. The van der Waals surface area contributed by atoms with Gasteiger partial charge in [0, 0.05) is 19.6 Å². The molecule has 1 aliphatic rings. The molecule has 1 saturated heterocycles. The highest BCUT2D eigenvalue weighted by Crippen LogP contribution is 2.25. The third kappa shape index (κ3) is 2.53. The Labute approximate surface area is 97.7 Å². The predicted molar refractivity (Wildman–Crippen MR) is 67.4 cm³/mol. The van der Waals surface area contributed by atoms with E-state index in [1.54, 1.807) is 0 Å². The molecule has 1 aliphatic heterocycles. The van der Waals surface area contributed by atoms with Gasteiger partial charge in [0.15, 0.2) is 0 Å². The zero-order valence-electron chi connectivity index (χ0n) is 10.0. The Morgan fingerprint density at radius 3 is 3.00 bits per heavy atom. The Kier molecular flexibility index (Phi) is 3.78. The van der Waals surface area contributed by atoms with E-state index in [2.05, 4.69) is 22.9 Å². The standard InChI is InChI=1S/C13H21N3/c1-2-3-11-6-7-16(10-11)13-5-4-12(8-14)15-9-13/h4-5,9,11H,2-3,6-8,10,14H2,1H3. The molecule has 0 aliphatic carbocycles. The normalized spacial score (nSPS) is 20.4. The molecule has 0 amide bonds. The molecule has 1 aromatic heterocycles. The van der Waals surface area contributed by atoms with Crippen molar-refractivity contribution in [2.24, 2.45) is 11.7 Å². The summed E-state index contributed by atoms with van der Waals surface area (Å²) in [7, 11) is 0. The average Bonchev–Trinajstić information content (AvgIpc) is 2.78. The number of hydrogen-bond acceptors (Lipinski definition) is 3. The Bertz CT molecular complexity index is 320. The van der Waals surface area contributed by atoms with Gasteiger partial charge in [-0.15, -0.1) is 0 Å². The first-order valence-electron chi connectivity index (χ1n) is 6.23. The molecule has 0 saturated carbocycles. The molecule has 0 aromatic carbocycles. The number of pyridine rings is 1. The fourth-order valence-corrected chi connectivity index (χ4v) is 2.44. The van der Waals surface area contributed by atoms with Gasteiger partial charge in [-0.25, -0.2) is 0 Å². The first-order valence-corrected chi connectivity index (χ1v) is 6.23.